The van der Waals surface area contributed by atoms with Crippen LogP contribution < -0.4 is 0 Å². The van der Waals surface area contributed by atoms with Crippen molar-refractivity contribution >= 4 is 40.2 Å². The van der Waals surface area contributed by atoms with Crippen LogP contribution in [0.2, 0.25) is 18.1 Å². The SMILES string of the molecule is CC(C)(C)[Si](C)(C)OC(CCBr)c1cccc(F)c1Br. The van der Waals surface area contributed by atoms with E-state index < -0.39 is 8.32 Å². The molecule has 114 valence electrons. The van der Waals surface area contributed by atoms with Crippen LogP contribution in [0.25, 0.3) is 0 Å². The Morgan fingerprint density at radius 2 is 1.90 bits per heavy atom. The Morgan fingerprint density at radius 3 is 2.40 bits per heavy atom. The first-order chi connectivity index (χ1) is 9.10. The lowest BCUT2D eigenvalue weighted by molar-refractivity contribution is 0.180. The predicted molar refractivity (Wildman–Crippen MR) is 93.5 cm³/mol. The minimum Gasteiger partial charge on any atom is -0.410 e. The van der Waals surface area contributed by atoms with Crippen molar-refractivity contribution in [1.82, 2.24) is 0 Å². The Morgan fingerprint density at radius 1 is 1.30 bits per heavy atom. The van der Waals surface area contributed by atoms with Gasteiger partial charge in [0.2, 0.25) is 0 Å². The molecule has 0 radical (unpaired) electrons. The molecule has 0 spiro atoms. The molecule has 1 nitrogen and oxygen atoms in total. The van der Waals surface area contributed by atoms with Gasteiger partial charge in [0.1, 0.15) is 5.82 Å². The van der Waals surface area contributed by atoms with Crippen molar-refractivity contribution in [2.75, 3.05) is 5.33 Å². The van der Waals surface area contributed by atoms with E-state index in [2.05, 4.69) is 65.7 Å². The number of halogens is 3. The van der Waals surface area contributed by atoms with Gasteiger partial charge >= 0.3 is 0 Å². The van der Waals surface area contributed by atoms with Gasteiger partial charge in [-0.3, -0.25) is 0 Å². The lowest BCUT2D eigenvalue weighted by Gasteiger charge is -2.39. The lowest BCUT2D eigenvalue weighted by atomic mass is 10.1. The molecule has 0 aliphatic carbocycles. The van der Waals surface area contributed by atoms with Gasteiger partial charge < -0.3 is 4.43 Å². The van der Waals surface area contributed by atoms with Gasteiger partial charge in [0.15, 0.2) is 8.32 Å². The van der Waals surface area contributed by atoms with E-state index >= 15 is 0 Å². The third kappa shape index (κ3) is 4.39. The van der Waals surface area contributed by atoms with Crippen molar-refractivity contribution in [3.8, 4) is 0 Å². The van der Waals surface area contributed by atoms with Gasteiger partial charge in [-0.1, -0.05) is 48.8 Å². The van der Waals surface area contributed by atoms with Gasteiger partial charge in [0.25, 0.3) is 0 Å². The first-order valence-electron chi connectivity index (χ1n) is 6.78. The maximum absolute atomic E-state index is 13.7. The molecule has 1 rings (SSSR count). The summed E-state index contributed by atoms with van der Waals surface area (Å²) in [5.41, 5.74) is 0.897. The molecule has 0 aliphatic heterocycles. The summed E-state index contributed by atoms with van der Waals surface area (Å²) < 4.78 is 20.7. The van der Waals surface area contributed by atoms with Crippen LogP contribution in [0.15, 0.2) is 22.7 Å². The quantitative estimate of drug-likeness (QED) is 0.389. The number of benzene rings is 1. The second kappa shape index (κ2) is 7.03. The van der Waals surface area contributed by atoms with Crippen LogP contribution >= 0.6 is 31.9 Å². The molecule has 0 saturated carbocycles. The standard InChI is InChI=1S/C15H23Br2FOSi/c1-15(2,3)20(4,5)19-13(9-10-16)11-7-6-8-12(18)14(11)17/h6-8,13H,9-10H2,1-5H3. The van der Waals surface area contributed by atoms with Crippen molar-refractivity contribution in [2.45, 2.75) is 51.4 Å². The third-order valence-electron chi connectivity index (χ3n) is 3.94. The highest BCUT2D eigenvalue weighted by Gasteiger charge is 2.39. The number of hydrogen-bond acceptors (Lipinski definition) is 1. The Hall–Kier alpha value is 0.287. The summed E-state index contributed by atoms with van der Waals surface area (Å²) in [5, 5.41) is 0.965. The zero-order valence-corrected chi connectivity index (χ0v) is 16.9. The van der Waals surface area contributed by atoms with E-state index in [1.807, 2.05) is 6.07 Å². The highest BCUT2D eigenvalue weighted by Crippen LogP contribution is 2.42. The van der Waals surface area contributed by atoms with Crippen LogP contribution in [0.1, 0.15) is 38.9 Å². The number of alkyl halides is 1. The molecule has 0 bridgehead atoms. The molecular weight excluding hydrogens is 403 g/mol. The highest BCUT2D eigenvalue weighted by molar-refractivity contribution is 9.10. The maximum Gasteiger partial charge on any atom is 0.192 e. The summed E-state index contributed by atoms with van der Waals surface area (Å²) >= 11 is 6.83. The molecule has 20 heavy (non-hydrogen) atoms. The number of rotatable bonds is 5. The summed E-state index contributed by atoms with van der Waals surface area (Å²) in [6.07, 6.45) is 0.745. The molecule has 1 aromatic carbocycles. The third-order valence-corrected chi connectivity index (χ3v) is 9.72. The molecule has 0 N–H and O–H groups in total. The zero-order valence-electron chi connectivity index (χ0n) is 12.8. The van der Waals surface area contributed by atoms with Crippen molar-refractivity contribution in [2.24, 2.45) is 0 Å². The summed E-state index contributed by atoms with van der Waals surface area (Å²) in [7, 11) is -1.89. The summed E-state index contributed by atoms with van der Waals surface area (Å²) in [5.74, 6) is -0.235. The molecule has 1 unspecified atom stereocenters. The number of hydrogen-bond donors (Lipinski definition) is 0. The normalized spacial score (nSPS) is 14.4. The molecular formula is C15H23Br2FOSi. The minimum atomic E-state index is -1.89. The molecule has 0 fully saturated rings. The molecule has 1 atom stereocenters. The van der Waals surface area contributed by atoms with E-state index in [-0.39, 0.29) is 17.0 Å². The van der Waals surface area contributed by atoms with Crippen LogP contribution in [0.4, 0.5) is 4.39 Å². The van der Waals surface area contributed by atoms with Crippen LogP contribution in [0, 0.1) is 5.82 Å². The fraction of sp³-hybridized carbons (Fsp3) is 0.600. The smallest absolute Gasteiger partial charge is 0.192 e. The van der Waals surface area contributed by atoms with E-state index in [9.17, 15) is 4.39 Å². The lowest BCUT2D eigenvalue weighted by Crippen LogP contribution is -2.42. The highest BCUT2D eigenvalue weighted by atomic mass is 79.9. The first-order valence-corrected chi connectivity index (χ1v) is 11.6. The molecule has 0 heterocycles. The molecule has 0 amide bonds. The summed E-state index contributed by atoms with van der Waals surface area (Å²) in [6, 6.07) is 5.14. The van der Waals surface area contributed by atoms with Crippen LogP contribution in [-0.2, 0) is 4.43 Å². The zero-order chi connectivity index (χ0) is 15.6. The van der Waals surface area contributed by atoms with E-state index in [4.69, 9.17) is 4.43 Å². The fourth-order valence-electron chi connectivity index (χ4n) is 1.68. The predicted octanol–water partition coefficient (Wildman–Crippen LogP) is 6.44. The molecule has 0 saturated heterocycles. The van der Waals surface area contributed by atoms with Crippen molar-refractivity contribution < 1.29 is 8.82 Å². The van der Waals surface area contributed by atoms with E-state index in [0.717, 1.165) is 17.3 Å². The van der Waals surface area contributed by atoms with Crippen LogP contribution in [-0.4, -0.2) is 13.6 Å². The van der Waals surface area contributed by atoms with E-state index in [1.165, 1.54) is 6.07 Å². The van der Waals surface area contributed by atoms with Crippen molar-refractivity contribution in [3.05, 3.63) is 34.1 Å². The molecule has 0 aromatic heterocycles. The minimum absolute atomic E-state index is 0.0830. The van der Waals surface area contributed by atoms with Crippen molar-refractivity contribution in [3.63, 3.8) is 0 Å². The first kappa shape index (κ1) is 18.3. The average Bonchev–Trinajstić information content (AvgIpc) is 2.30. The Labute approximate surface area is 139 Å². The molecule has 5 heteroatoms. The Bertz CT molecular complexity index is 458. The van der Waals surface area contributed by atoms with E-state index in [0.29, 0.717) is 4.47 Å². The van der Waals surface area contributed by atoms with Gasteiger partial charge in [-0.25, -0.2) is 4.39 Å². The van der Waals surface area contributed by atoms with Gasteiger partial charge in [-0.15, -0.1) is 0 Å². The van der Waals surface area contributed by atoms with Crippen molar-refractivity contribution in [1.29, 1.82) is 0 Å². The van der Waals surface area contributed by atoms with Crippen LogP contribution in [0.3, 0.4) is 0 Å². The van der Waals surface area contributed by atoms with E-state index in [1.54, 1.807) is 6.07 Å². The summed E-state index contributed by atoms with van der Waals surface area (Å²) in [6.45, 7) is 11.1. The Kier molecular flexibility index (Phi) is 6.45. The van der Waals surface area contributed by atoms with Gasteiger partial charge in [0, 0.05) is 5.33 Å². The summed E-state index contributed by atoms with van der Waals surface area (Å²) in [4.78, 5) is 0. The van der Waals surface area contributed by atoms with Gasteiger partial charge in [-0.2, -0.15) is 0 Å². The maximum atomic E-state index is 13.7. The van der Waals surface area contributed by atoms with Gasteiger partial charge in [-0.05, 0) is 52.1 Å². The average molecular weight is 426 g/mol. The second-order valence-electron chi connectivity index (χ2n) is 6.49. The monoisotopic (exact) mass is 424 g/mol. The topological polar surface area (TPSA) is 9.23 Å². The molecule has 1 aromatic rings. The molecule has 0 aliphatic rings. The fourth-order valence-corrected chi connectivity index (χ4v) is 3.92. The van der Waals surface area contributed by atoms with Gasteiger partial charge in [0.05, 0.1) is 10.6 Å². The largest absolute Gasteiger partial charge is 0.410 e. The second-order valence-corrected chi connectivity index (χ2v) is 12.8. The van der Waals surface area contributed by atoms with Crippen LogP contribution in [0.5, 0.6) is 0 Å². The Balaban J connectivity index is 3.10.